The Kier molecular flexibility index (Phi) is 5.87. The molecule has 0 atom stereocenters. The molecule has 2 aromatic rings. The number of nitrogens with zero attached hydrogens (tertiary/aromatic N) is 3. The molecule has 0 aliphatic carbocycles. The van der Waals surface area contributed by atoms with Crippen molar-refractivity contribution in [3.63, 3.8) is 0 Å². The Morgan fingerprint density at radius 2 is 1.78 bits per heavy atom. The first kappa shape index (κ1) is 19.5. The third-order valence-electron chi connectivity index (χ3n) is 4.47. The van der Waals surface area contributed by atoms with Crippen molar-refractivity contribution in [2.75, 3.05) is 36.4 Å². The molecule has 0 bridgehead atoms. The maximum atomic E-state index is 11.4. The summed E-state index contributed by atoms with van der Waals surface area (Å²) in [5, 5.41) is 18.7. The van der Waals surface area contributed by atoms with Gasteiger partial charge in [0.1, 0.15) is 6.07 Å². The summed E-state index contributed by atoms with van der Waals surface area (Å²) in [4.78, 5) is 2.00. The highest BCUT2D eigenvalue weighted by molar-refractivity contribution is 7.86. The van der Waals surface area contributed by atoms with Crippen LogP contribution in [0.2, 0.25) is 5.02 Å². The lowest BCUT2D eigenvalue weighted by Gasteiger charge is -2.34. The molecule has 0 spiro atoms. The molecule has 0 amide bonds. The second-order valence-corrected chi connectivity index (χ2v) is 8.24. The Morgan fingerprint density at radius 1 is 1.11 bits per heavy atom. The number of rotatable bonds is 5. The van der Waals surface area contributed by atoms with E-state index in [1.165, 1.54) is 4.31 Å². The van der Waals surface area contributed by atoms with Crippen LogP contribution in [0.25, 0.3) is 0 Å². The smallest absolute Gasteiger partial charge is 0.277 e. The molecule has 1 aliphatic heterocycles. The Bertz CT molecular complexity index is 949. The van der Waals surface area contributed by atoms with Crippen LogP contribution >= 0.6 is 11.6 Å². The van der Waals surface area contributed by atoms with E-state index in [4.69, 9.17) is 16.7 Å². The van der Waals surface area contributed by atoms with E-state index in [1.807, 2.05) is 41.3 Å². The molecule has 142 valence electrons. The van der Waals surface area contributed by atoms with Crippen LogP contribution in [0.1, 0.15) is 11.1 Å². The van der Waals surface area contributed by atoms with Gasteiger partial charge < -0.3 is 10.2 Å². The lowest BCUT2D eigenvalue weighted by Crippen LogP contribution is -2.50. The van der Waals surface area contributed by atoms with Gasteiger partial charge in [-0.05, 0) is 35.9 Å². The van der Waals surface area contributed by atoms with Crippen molar-refractivity contribution in [3.05, 3.63) is 58.6 Å². The number of nitrogens with two attached hydrogens (primary N) is 1. The molecule has 27 heavy (non-hydrogen) atoms. The molecule has 3 rings (SSSR count). The molecular formula is C18H20ClN5O2S. The summed E-state index contributed by atoms with van der Waals surface area (Å²) in [7, 11) is -3.67. The van der Waals surface area contributed by atoms with Gasteiger partial charge in [0, 0.05) is 43.4 Å². The average molecular weight is 406 g/mol. The predicted molar refractivity (Wildman–Crippen MR) is 107 cm³/mol. The number of hydrogen-bond donors (Lipinski definition) is 2. The molecule has 7 nitrogen and oxygen atoms in total. The monoisotopic (exact) mass is 405 g/mol. The first-order chi connectivity index (χ1) is 12.9. The van der Waals surface area contributed by atoms with Crippen LogP contribution in [0.15, 0.2) is 42.5 Å². The normalized spacial score (nSPS) is 15.4. The maximum absolute atomic E-state index is 11.4. The number of piperazine rings is 1. The van der Waals surface area contributed by atoms with Crippen LogP contribution in [0.4, 0.5) is 11.4 Å². The largest absolute Gasteiger partial charge is 0.381 e. The van der Waals surface area contributed by atoms with Crippen molar-refractivity contribution in [1.82, 2.24) is 4.31 Å². The molecule has 0 unspecified atom stereocenters. The van der Waals surface area contributed by atoms with Gasteiger partial charge in [-0.1, -0.05) is 23.7 Å². The van der Waals surface area contributed by atoms with Gasteiger partial charge >= 0.3 is 0 Å². The summed E-state index contributed by atoms with van der Waals surface area (Å²) >= 11 is 5.89. The zero-order valence-electron chi connectivity index (χ0n) is 14.6. The number of benzene rings is 2. The summed E-state index contributed by atoms with van der Waals surface area (Å²) in [6.07, 6.45) is 0. The van der Waals surface area contributed by atoms with Crippen LogP contribution in [0.3, 0.4) is 0 Å². The minimum absolute atomic E-state index is 0.306. The van der Waals surface area contributed by atoms with Gasteiger partial charge in [0.15, 0.2) is 0 Å². The van der Waals surface area contributed by atoms with E-state index in [0.29, 0.717) is 43.3 Å². The van der Waals surface area contributed by atoms with E-state index in [0.717, 1.165) is 16.9 Å². The van der Waals surface area contributed by atoms with Gasteiger partial charge in [-0.2, -0.15) is 18.0 Å². The fourth-order valence-electron chi connectivity index (χ4n) is 3.00. The second kappa shape index (κ2) is 8.15. The fraction of sp³-hybridized carbons (Fsp3) is 0.278. The summed E-state index contributed by atoms with van der Waals surface area (Å²) in [6.45, 7) is 2.21. The Hall–Kier alpha value is -2.31. The van der Waals surface area contributed by atoms with Gasteiger partial charge in [0.2, 0.25) is 0 Å². The van der Waals surface area contributed by atoms with Crippen molar-refractivity contribution >= 4 is 33.2 Å². The summed E-state index contributed by atoms with van der Waals surface area (Å²) < 4.78 is 24.1. The molecule has 1 aliphatic rings. The third-order valence-corrected chi connectivity index (χ3v) is 5.80. The lowest BCUT2D eigenvalue weighted by molar-refractivity contribution is 0.385. The summed E-state index contributed by atoms with van der Waals surface area (Å²) in [5.74, 6) is 0. The predicted octanol–water partition coefficient (Wildman–Crippen LogP) is 2.15. The van der Waals surface area contributed by atoms with E-state index in [2.05, 4.69) is 11.4 Å². The van der Waals surface area contributed by atoms with Crippen LogP contribution in [-0.2, 0) is 16.8 Å². The Morgan fingerprint density at radius 3 is 2.37 bits per heavy atom. The highest BCUT2D eigenvalue weighted by Gasteiger charge is 2.25. The van der Waals surface area contributed by atoms with E-state index in [9.17, 15) is 13.7 Å². The van der Waals surface area contributed by atoms with Crippen molar-refractivity contribution in [3.8, 4) is 6.07 Å². The molecule has 1 saturated heterocycles. The van der Waals surface area contributed by atoms with Crippen molar-refractivity contribution in [2.24, 2.45) is 5.14 Å². The van der Waals surface area contributed by atoms with E-state index >= 15 is 0 Å². The van der Waals surface area contributed by atoms with Gasteiger partial charge in [-0.3, -0.25) is 0 Å². The van der Waals surface area contributed by atoms with Gasteiger partial charge in [0.05, 0.1) is 11.3 Å². The number of anilines is 2. The number of nitrogens with one attached hydrogen (secondary N) is 1. The SMILES string of the molecule is N#Cc1cc(NCc2ccc(Cl)cc2)ccc1N1CCN(S(N)(=O)=O)CC1. The van der Waals surface area contributed by atoms with Gasteiger partial charge in [0.25, 0.3) is 10.2 Å². The number of halogens is 1. The highest BCUT2D eigenvalue weighted by Crippen LogP contribution is 2.25. The summed E-state index contributed by atoms with van der Waals surface area (Å²) in [6, 6.07) is 15.4. The molecular weight excluding hydrogens is 386 g/mol. The molecule has 0 saturated carbocycles. The minimum Gasteiger partial charge on any atom is -0.381 e. The molecule has 2 aromatic carbocycles. The maximum Gasteiger partial charge on any atom is 0.277 e. The van der Waals surface area contributed by atoms with Crippen molar-refractivity contribution in [1.29, 1.82) is 5.26 Å². The quantitative estimate of drug-likeness (QED) is 0.793. The van der Waals surface area contributed by atoms with Crippen LogP contribution < -0.4 is 15.4 Å². The number of hydrogen-bond acceptors (Lipinski definition) is 5. The first-order valence-corrected chi connectivity index (χ1v) is 10.3. The molecule has 1 fully saturated rings. The zero-order valence-corrected chi connectivity index (χ0v) is 16.2. The van der Waals surface area contributed by atoms with E-state index in [1.54, 1.807) is 6.07 Å². The summed E-state index contributed by atoms with van der Waals surface area (Å²) in [5.41, 5.74) is 3.26. The topological polar surface area (TPSA) is 102 Å². The van der Waals surface area contributed by atoms with Crippen molar-refractivity contribution in [2.45, 2.75) is 6.54 Å². The van der Waals surface area contributed by atoms with Gasteiger partial charge in [-0.25, -0.2) is 5.14 Å². The fourth-order valence-corrected chi connectivity index (χ4v) is 3.80. The van der Waals surface area contributed by atoms with Crippen LogP contribution in [-0.4, -0.2) is 38.9 Å². The van der Waals surface area contributed by atoms with E-state index < -0.39 is 10.2 Å². The second-order valence-electron chi connectivity index (χ2n) is 6.25. The average Bonchev–Trinajstić information content (AvgIpc) is 2.67. The van der Waals surface area contributed by atoms with E-state index in [-0.39, 0.29) is 0 Å². The Labute approximate surface area is 164 Å². The standard InChI is InChI=1S/C18H20ClN5O2S/c19-16-3-1-14(2-4-16)13-22-17-5-6-18(15(11-17)12-20)23-7-9-24(10-8-23)27(21,25)26/h1-6,11,22H,7-10,13H2,(H2,21,25,26). The minimum atomic E-state index is -3.67. The molecule has 0 radical (unpaired) electrons. The Balaban J connectivity index is 1.68. The zero-order chi connectivity index (χ0) is 19.4. The molecule has 0 aromatic heterocycles. The highest BCUT2D eigenvalue weighted by atomic mass is 35.5. The lowest BCUT2D eigenvalue weighted by atomic mass is 10.1. The van der Waals surface area contributed by atoms with Crippen molar-refractivity contribution < 1.29 is 8.42 Å². The molecule has 3 N–H and O–H groups in total. The van der Waals surface area contributed by atoms with Gasteiger partial charge in [-0.15, -0.1) is 0 Å². The van der Waals surface area contributed by atoms with Crippen LogP contribution in [0, 0.1) is 11.3 Å². The third kappa shape index (κ3) is 4.90. The molecule has 1 heterocycles. The number of nitriles is 1. The van der Waals surface area contributed by atoms with Crippen LogP contribution in [0.5, 0.6) is 0 Å². The molecule has 9 heteroatoms. The first-order valence-electron chi connectivity index (χ1n) is 8.42.